The smallest absolute Gasteiger partial charge is 0.230 e. The molecule has 0 atom stereocenters. The molecule has 0 aliphatic heterocycles. The lowest BCUT2D eigenvalue weighted by atomic mass is 10.1. The van der Waals surface area contributed by atoms with Crippen LogP contribution >= 0.6 is 23.1 Å². The van der Waals surface area contributed by atoms with Crippen LogP contribution < -0.4 is 4.90 Å². The zero-order chi connectivity index (χ0) is 20.4. The van der Waals surface area contributed by atoms with Crippen LogP contribution in [0.1, 0.15) is 23.7 Å². The Bertz CT molecular complexity index is 1170. The van der Waals surface area contributed by atoms with Crippen LogP contribution in [0.4, 0.5) is 10.8 Å². The van der Waals surface area contributed by atoms with Gasteiger partial charge in [0, 0.05) is 23.4 Å². The Hall–Kier alpha value is -2.70. The van der Waals surface area contributed by atoms with Crippen molar-refractivity contribution in [1.82, 2.24) is 9.97 Å². The van der Waals surface area contributed by atoms with E-state index >= 15 is 0 Å². The maximum absolute atomic E-state index is 12.4. The fraction of sp³-hybridized carbons (Fsp3) is 0.174. The van der Waals surface area contributed by atoms with Gasteiger partial charge in [-0.25, -0.2) is 9.97 Å². The number of thioether (sulfide) groups is 1. The number of thiazole rings is 1. The summed E-state index contributed by atoms with van der Waals surface area (Å²) in [5.41, 5.74) is 4.99. The molecule has 0 spiro atoms. The Kier molecular flexibility index (Phi) is 5.65. The first-order valence-electron chi connectivity index (χ1n) is 9.33. The van der Waals surface area contributed by atoms with E-state index in [9.17, 15) is 4.79 Å². The monoisotopic (exact) mass is 419 g/mol. The molecule has 0 unspecified atom stereocenters. The summed E-state index contributed by atoms with van der Waals surface area (Å²) < 4.78 is 0. The molecule has 6 heteroatoms. The summed E-state index contributed by atoms with van der Waals surface area (Å²) >= 11 is 3.15. The molecule has 0 aliphatic rings. The molecule has 4 nitrogen and oxygen atoms in total. The number of carbonyl (C=O) groups is 1. The third-order valence-electron chi connectivity index (χ3n) is 4.65. The summed E-state index contributed by atoms with van der Waals surface area (Å²) in [6.07, 6.45) is 0. The minimum atomic E-state index is -0.0350. The van der Waals surface area contributed by atoms with Crippen molar-refractivity contribution in [3.63, 3.8) is 0 Å². The maximum atomic E-state index is 12.4. The topological polar surface area (TPSA) is 46.1 Å². The number of aromatic nitrogens is 2. The molecule has 0 saturated heterocycles. The van der Waals surface area contributed by atoms with Crippen LogP contribution in [0.2, 0.25) is 0 Å². The Morgan fingerprint density at radius 1 is 1.00 bits per heavy atom. The number of aryl methyl sites for hydroxylation is 2. The number of benzene rings is 2. The van der Waals surface area contributed by atoms with Gasteiger partial charge in [0.25, 0.3) is 0 Å². The number of pyridine rings is 1. The molecule has 2 aromatic carbocycles. The average molecular weight is 420 g/mol. The second-order valence-corrected chi connectivity index (χ2v) is 8.68. The quantitative estimate of drug-likeness (QED) is 0.357. The standard InChI is InChI=1S/C23H21N3OS2/c1-15-7-6-8-16(2)22(15)26(17(3)27)23-24-19(14-29-23)13-28-21-12-11-18-9-4-5-10-20(18)25-21/h4-12,14H,13H2,1-3H3. The number of rotatable bonds is 5. The van der Waals surface area contributed by atoms with Gasteiger partial charge >= 0.3 is 0 Å². The van der Waals surface area contributed by atoms with E-state index in [0.717, 1.165) is 38.4 Å². The summed E-state index contributed by atoms with van der Waals surface area (Å²) in [6.45, 7) is 5.63. The van der Waals surface area contributed by atoms with E-state index in [1.165, 1.54) is 11.3 Å². The van der Waals surface area contributed by atoms with Crippen LogP contribution in [-0.2, 0) is 10.5 Å². The molecule has 0 fully saturated rings. The van der Waals surface area contributed by atoms with Crippen LogP contribution in [0.25, 0.3) is 10.9 Å². The Morgan fingerprint density at radius 2 is 1.76 bits per heavy atom. The van der Waals surface area contributed by atoms with Gasteiger partial charge < -0.3 is 0 Å². The Labute approximate surface area is 178 Å². The number of hydrogen-bond acceptors (Lipinski definition) is 5. The first-order chi connectivity index (χ1) is 14.0. The fourth-order valence-corrected chi connectivity index (χ4v) is 5.04. The van der Waals surface area contributed by atoms with E-state index < -0.39 is 0 Å². The van der Waals surface area contributed by atoms with Crippen LogP contribution in [0.5, 0.6) is 0 Å². The van der Waals surface area contributed by atoms with Crippen molar-refractivity contribution >= 4 is 50.7 Å². The molecule has 146 valence electrons. The van der Waals surface area contributed by atoms with Crippen molar-refractivity contribution in [2.24, 2.45) is 0 Å². The number of amides is 1. The molecule has 2 heterocycles. The van der Waals surface area contributed by atoms with E-state index in [1.54, 1.807) is 23.6 Å². The predicted molar refractivity (Wildman–Crippen MR) is 122 cm³/mol. The number of nitrogens with zero attached hydrogens (tertiary/aromatic N) is 3. The van der Waals surface area contributed by atoms with E-state index in [2.05, 4.69) is 12.1 Å². The van der Waals surface area contributed by atoms with Gasteiger partial charge in [-0.2, -0.15) is 0 Å². The fourth-order valence-electron chi connectivity index (χ4n) is 3.29. The molecule has 0 bridgehead atoms. The zero-order valence-corrected chi connectivity index (χ0v) is 18.2. The average Bonchev–Trinajstić information content (AvgIpc) is 3.17. The highest BCUT2D eigenvalue weighted by Gasteiger charge is 2.21. The minimum Gasteiger partial charge on any atom is -0.274 e. The van der Waals surface area contributed by atoms with Gasteiger partial charge in [-0.3, -0.25) is 9.69 Å². The second-order valence-electron chi connectivity index (χ2n) is 6.85. The number of carbonyl (C=O) groups excluding carboxylic acids is 1. The molecular formula is C23H21N3OS2. The van der Waals surface area contributed by atoms with Crippen LogP contribution in [0, 0.1) is 13.8 Å². The molecule has 4 aromatic rings. The summed E-state index contributed by atoms with van der Waals surface area (Å²) in [7, 11) is 0. The predicted octanol–water partition coefficient (Wildman–Crippen LogP) is 6.29. The summed E-state index contributed by atoms with van der Waals surface area (Å²) in [5.74, 6) is 0.674. The molecule has 0 saturated carbocycles. The van der Waals surface area contributed by atoms with E-state index in [-0.39, 0.29) is 5.91 Å². The molecule has 0 radical (unpaired) electrons. The van der Waals surface area contributed by atoms with Crippen molar-refractivity contribution in [2.45, 2.75) is 31.6 Å². The number of anilines is 2. The minimum absolute atomic E-state index is 0.0350. The maximum Gasteiger partial charge on any atom is 0.230 e. The SMILES string of the molecule is CC(=O)N(c1nc(CSc2ccc3ccccc3n2)cs1)c1c(C)cccc1C. The van der Waals surface area contributed by atoms with Crippen LogP contribution in [-0.4, -0.2) is 15.9 Å². The summed E-state index contributed by atoms with van der Waals surface area (Å²) in [4.78, 5) is 23.6. The van der Waals surface area contributed by atoms with E-state index in [1.807, 2.05) is 61.7 Å². The lowest BCUT2D eigenvalue weighted by molar-refractivity contribution is -0.115. The van der Waals surface area contributed by atoms with Crippen molar-refractivity contribution < 1.29 is 4.79 Å². The molecule has 2 aromatic heterocycles. The van der Waals surface area contributed by atoms with Crippen molar-refractivity contribution in [2.75, 3.05) is 4.90 Å². The van der Waals surface area contributed by atoms with Gasteiger partial charge in [-0.05, 0) is 37.1 Å². The number of hydrogen-bond donors (Lipinski definition) is 0. The molecule has 0 aliphatic carbocycles. The van der Waals surface area contributed by atoms with Gasteiger partial charge in [-0.15, -0.1) is 11.3 Å². The normalized spacial score (nSPS) is 11.0. The van der Waals surface area contributed by atoms with Gasteiger partial charge in [0.2, 0.25) is 5.91 Å². The highest BCUT2D eigenvalue weighted by Crippen LogP contribution is 2.34. The van der Waals surface area contributed by atoms with Crippen molar-refractivity contribution in [3.05, 3.63) is 76.8 Å². The van der Waals surface area contributed by atoms with Crippen LogP contribution in [0.3, 0.4) is 0 Å². The van der Waals surface area contributed by atoms with Gasteiger partial charge in [-0.1, -0.05) is 54.2 Å². The largest absolute Gasteiger partial charge is 0.274 e. The highest BCUT2D eigenvalue weighted by molar-refractivity contribution is 7.98. The third-order valence-corrected chi connectivity index (χ3v) is 6.49. The summed E-state index contributed by atoms with van der Waals surface area (Å²) in [5, 5.41) is 4.83. The summed E-state index contributed by atoms with van der Waals surface area (Å²) in [6, 6.07) is 18.3. The lowest BCUT2D eigenvalue weighted by Gasteiger charge is -2.22. The van der Waals surface area contributed by atoms with E-state index in [4.69, 9.17) is 9.97 Å². The van der Waals surface area contributed by atoms with Crippen molar-refractivity contribution in [1.29, 1.82) is 0 Å². The molecular weight excluding hydrogens is 398 g/mol. The highest BCUT2D eigenvalue weighted by atomic mass is 32.2. The van der Waals surface area contributed by atoms with Gasteiger partial charge in [0.15, 0.2) is 5.13 Å². The molecule has 1 amide bonds. The molecule has 0 N–H and O–H groups in total. The first kappa shape index (κ1) is 19.6. The first-order valence-corrected chi connectivity index (χ1v) is 11.2. The lowest BCUT2D eigenvalue weighted by Crippen LogP contribution is -2.24. The van der Waals surface area contributed by atoms with Gasteiger partial charge in [0.05, 0.1) is 21.9 Å². The van der Waals surface area contributed by atoms with E-state index in [0.29, 0.717) is 10.9 Å². The zero-order valence-electron chi connectivity index (χ0n) is 16.5. The molecule has 4 rings (SSSR count). The molecule has 29 heavy (non-hydrogen) atoms. The Morgan fingerprint density at radius 3 is 2.52 bits per heavy atom. The third kappa shape index (κ3) is 4.18. The van der Waals surface area contributed by atoms with Crippen LogP contribution in [0.15, 0.2) is 65.0 Å². The van der Waals surface area contributed by atoms with Crippen molar-refractivity contribution in [3.8, 4) is 0 Å². The van der Waals surface area contributed by atoms with Gasteiger partial charge in [0.1, 0.15) is 0 Å². The number of fused-ring (bicyclic) bond motifs is 1. The number of para-hydroxylation sites is 2. The Balaban J connectivity index is 1.55. The second kappa shape index (κ2) is 8.35.